The largest absolute Gasteiger partial charge is 0.297 e. The third kappa shape index (κ3) is 2.05. The van der Waals surface area contributed by atoms with Gasteiger partial charge in [0.2, 0.25) is 0 Å². The maximum atomic E-state index is 14.6. The van der Waals surface area contributed by atoms with E-state index in [0.29, 0.717) is 16.8 Å². The van der Waals surface area contributed by atoms with Crippen LogP contribution in [0.1, 0.15) is 30.5 Å². The molecule has 2 nitrogen and oxygen atoms in total. The molecular weight excluding hydrogens is 294 g/mol. The van der Waals surface area contributed by atoms with Gasteiger partial charge in [-0.3, -0.25) is 4.99 Å². The van der Waals surface area contributed by atoms with Crippen LogP contribution in [0.5, 0.6) is 0 Å². The molecular formula is C16H13ClF2N2. The minimum atomic E-state index is -3.04. The number of hydrogen-bond donors (Lipinski definition) is 0. The van der Waals surface area contributed by atoms with Crippen molar-refractivity contribution in [3.05, 3.63) is 64.4 Å². The van der Waals surface area contributed by atoms with Crippen LogP contribution >= 0.6 is 11.6 Å². The molecule has 1 aliphatic heterocycles. The topological polar surface area (TPSA) is 25.2 Å². The number of pyridine rings is 1. The van der Waals surface area contributed by atoms with E-state index in [1.165, 1.54) is 19.9 Å². The van der Waals surface area contributed by atoms with Crippen LogP contribution in [0.15, 0.2) is 47.6 Å². The Hall–Kier alpha value is -1.81. The number of alkyl halides is 2. The number of nitrogens with zero attached hydrogens (tertiary/aromatic N) is 2. The lowest BCUT2D eigenvalue weighted by molar-refractivity contribution is -0.0681. The second kappa shape index (κ2) is 4.60. The van der Waals surface area contributed by atoms with E-state index in [4.69, 9.17) is 11.6 Å². The van der Waals surface area contributed by atoms with E-state index in [1.807, 2.05) is 0 Å². The lowest BCUT2D eigenvalue weighted by Crippen LogP contribution is -2.44. The Morgan fingerprint density at radius 1 is 1.00 bits per heavy atom. The molecule has 0 atom stereocenters. The van der Waals surface area contributed by atoms with Crippen molar-refractivity contribution in [3.63, 3.8) is 0 Å². The summed E-state index contributed by atoms with van der Waals surface area (Å²) in [7, 11) is 0. The molecule has 2 aromatic rings. The number of aliphatic imine (C=N–C) groups is 1. The average molecular weight is 307 g/mol. The monoisotopic (exact) mass is 306 g/mol. The molecule has 0 radical (unpaired) electrons. The Labute approximate surface area is 126 Å². The highest BCUT2D eigenvalue weighted by molar-refractivity contribution is 6.34. The molecule has 0 amide bonds. The van der Waals surface area contributed by atoms with Gasteiger partial charge in [0.1, 0.15) is 10.7 Å². The lowest BCUT2D eigenvalue weighted by atomic mass is 9.82. The molecule has 1 aliphatic rings. The molecule has 0 saturated heterocycles. The molecule has 0 fully saturated rings. The molecule has 2 heterocycles. The van der Waals surface area contributed by atoms with E-state index < -0.39 is 11.5 Å². The first kappa shape index (κ1) is 14.1. The van der Waals surface area contributed by atoms with Crippen molar-refractivity contribution in [2.75, 3.05) is 0 Å². The molecule has 0 spiro atoms. The number of fused-ring (bicyclic) bond motifs is 1. The molecule has 1 aromatic heterocycles. The lowest BCUT2D eigenvalue weighted by Gasteiger charge is -2.37. The molecule has 5 heteroatoms. The number of aromatic nitrogens is 1. The zero-order valence-corrected chi connectivity index (χ0v) is 12.3. The van der Waals surface area contributed by atoms with Gasteiger partial charge >= 0.3 is 0 Å². The Balaban J connectivity index is 2.32. The number of benzene rings is 1. The Morgan fingerprint density at radius 2 is 1.67 bits per heavy atom. The molecule has 0 unspecified atom stereocenters. The van der Waals surface area contributed by atoms with Gasteiger partial charge in [-0.2, -0.15) is 8.78 Å². The first-order valence-electron chi connectivity index (χ1n) is 6.53. The van der Waals surface area contributed by atoms with E-state index in [0.717, 1.165) is 0 Å². The summed E-state index contributed by atoms with van der Waals surface area (Å²) >= 11 is 6.11. The maximum Gasteiger partial charge on any atom is 0.297 e. The molecule has 0 N–H and O–H groups in total. The van der Waals surface area contributed by atoms with Gasteiger partial charge in [0.15, 0.2) is 0 Å². The SMILES string of the molecule is CC1(C)N=C(c2cccnc2Cl)c2ccccc2C1(F)F. The maximum absolute atomic E-state index is 14.6. The zero-order valence-electron chi connectivity index (χ0n) is 11.6. The summed E-state index contributed by atoms with van der Waals surface area (Å²) in [6, 6.07) is 9.86. The fraction of sp³-hybridized carbons (Fsp3) is 0.250. The van der Waals surface area contributed by atoms with E-state index in [1.54, 1.807) is 36.5 Å². The van der Waals surface area contributed by atoms with Crippen LogP contribution in [-0.2, 0) is 5.92 Å². The molecule has 1 aromatic carbocycles. The third-order valence-corrected chi connectivity index (χ3v) is 4.00. The third-order valence-electron chi connectivity index (χ3n) is 3.69. The fourth-order valence-corrected chi connectivity index (χ4v) is 2.68. The minimum Gasteiger partial charge on any atom is -0.271 e. The summed E-state index contributed by atoms with van der Waals surface area (Å²) in [5, 5.41) is 0.257. The summed E-state index contributed by atoms with van der Waals surface area (Å²) < 4.78 is 29.2. The number of rotatable bonds is 1. The summed E-state index contributed by atoms with van der Waals surface area (Å²) in [5.74, 6) is -3.04. The van der Waals surface area contributed by atoms with Crippen LogP contribution in [-0.4, -0.2) is 16.2 Å². The van der Waals surface area contributed by atoms with Gasteiger partial charge in [0.25, 0.3) is 5.92 Å². The Bertz CT molecular complexity index is 739. The van der Waals surface area contributed by atoms with Crippen molar-refractivity contribution >= 4 is 17.3 Å². The van der Waals surface area contributed by atoms with E-state index in [-0.39, 0.29) is 10.7 Å². The van der Waals surface area contributed by atoms with Crippen LogP contribution in [0.25, 0.3) is 0 Å². The number of hydrogen-bond acceptors (Lipinski definition) is 2. The van der Waals surface area contributed by atoms with Gasteiger partial charge in [-0.25, -0.2) is 4.98 Å². The highest BCUT2D eigenvalue weighted by atomic mass is 35.5. The summed E-state index contributed by atoms with van der Waals surface area (Å²) in [5.41, 5.74) is -0.151. The Kier molecular flexibility index (Phi) is 3.10. The quantitative estimate of drug-likeness (QED) is 0.714. The van der Waals surface area contributed by atoms with E-state index >= 15 is 0 Å². The number of halogens is 3. The predicted molar refractivity (Wildman–Crippen MR) is 79.3 cm³/mol. The highest BCUT2D eigenvalue weighted by Crippen LogP contribution is 2.46. The predicted octanol–water partition coefficient (Wildman–Crippen LogP) is 4.46. The van der Waals surface area contributed by atoms with Crippen LogP contribution < -0.4 is 0 Å². The summed E-state index contributed by atoms with van der Waals surface area (Å²) in [6.07, 6.45) is 1.56. The van der Waals surface area contributed by atoms with Gasteiger partial charge in [0.05, 0.1) is 5.71 Å². The van der Waals surface area contributed by atoms with Gasteiger partial charge in [0, 0.05) is 22.9 Å². The van der Waals surface area contributed by atoms with Crippen LogP contribution in [0, 0.1) is 0 Å². The average Bonchev–Trinajstić information content (AvgIpc) is 2.44. The standard InChI is InChI=1S/C16H13ClF2N2/c1-15(2)16(18,19)12-8-4-3-6-10(12)13(21-15)11-7-5-9-20-14(11)17/h3-9H,1-2H3. The van der Waals surface area contributed by atoms with Crippen molar-refractivity contribution in [1.82, 2.24) is 4.98 Å². The molecule has 3 rings (SSSR count). The minimum absolute atomic E-state index is 0.0279. The molecule has 0 aliphatic carbocycles. The fourth-order valence-electron chi connectivity index (χ4n) is 2.47. The van der Waals surface area contributed by atoms with Crippen molar-refractivity contribution in [2.24, 2.45) is 4.99 Å². The second-order valence-corrected chi connectivity index (χ2v) is 5.84. The van der Waals surface area contributed by atoms with E-state index in [9.17, 15) is 8.78 Å². The van der Waals surface area contributed by atoms with Gasteiger partial charge in [-0.1, -0.05) is 35.9 Å². The van der Waals surface area contributed by atoms with Crippen molar-refractivity contribution in [3.8, 4) is 0 Å². The van der Waals surface area contributed by atoms with Crippen LogP contribution in [0.2, 0.25) is 5.15 Å². The highest BCUT2D eigenvalue weighted by Gasteiger charge is 2.52. The van der Waals surface area contributed by atoms with E-state index in [2.05, 4.69) is 9.98 Å². The van der Waals surface area contributed by atoms with Crippen molar-refractivity contribution in [1.29, 1.82) is 0 Å². The summed E-state index contributed by atoms with van der Waals surface area (Å²) in [6.45, 7) is 2.85. The van der Waals surface area contributed by atoms with Crippen molar-refractivity contribution in [2.45, 2.75) is 25.3 Å². The normalized spacial score (nSPS) is 18.8. The second-order valence-electron chi connectivity index (χ2n) is 5.48. The first-order valence-corrected chi connectivity index (χ1v) is 6.91. The van der Waals surface area contributed by atoms with Gasteiger partial charge in [-0.05, 0) is 26.0 Å². The van der Waals surface area contributed by atoms with Crippen molar-refractivity contribution < 1.29 is 8.78 Å². The van der Waals surface area contributed by atoms with Gasteiger partial charge < -0.3 is 0 Å². The molecule has 0 saturated carbocycles. The summed E-state index contributed by atoms with van der Waals surface area (Å²) in [4.78, 5) is 8.29. The Morgan fingerprint density at radius 3 is 2.38 bits per heavy atom. The molecule has 21 heavy (non-hydrogen) atoms. The van der Waals surface area contributed by atoms with Gasteiger partial charge in [-0.15, -0.1) is 0 Å². The van der Waals surface area contributed by atoms with Crippen LogP contribution in [0.3, 0.4) is 0 Å². The molecule has 108 valence electrons. The van der Waals surface area contributed by atoms with Crippen LogP contribution in [0.4, 0.5) is 8.78 Å². The molecule has 0 bridgehead atoms. The first-order chi connectivity index (χ1) is 9.84. The smallest absolute Gasteiger partial charge is 0.271 e. The zero-order chi connectivity index (χ0) is 15.3.